The number of nitrogens with one attached hydrogen (secondary N) is 1. The third kappa shape index (κ3) is 3.07. The van der Waals surface area contributed by atoms with Gasteiger partial charge in [0.1, 0.15) is 0 Å². The Bertz CT molecular complexity index is 445. The SMILES string of the molecule is O=C(Cc1ccccc1Cl)NC1CCCC1=O. The van der Waals surface area contributed by atoms with Crippen LogP contribution in [0.1, 0.15) is 24.8 Å². The molecule has 1 fully saturated rings. The third-order valence-corrected chi connectivity index (χ3v) is 3.32. The molecule has 0 aliphatic heterocycles. The van der Waals surface area contributed by atoms with Crippen LogP contribution < -0.4 is 5.32 Å². The van der Waals surface area contributed by atoms with Gasteiger partial charge in [-0.2, -0.15) is 0 Å². The molecule has 1 amide bonds. The molecule has 0 saturated heterocycles. The Morgan fingerprint density at radius 2 is 2.18 bits per heavy atom. The molecule has 3 nitrogen and oxygen atoms in total. The van der Waals surface area contributed by atoms with E-state index in [1.54, 1.807) is 6.07 Å². The van der Waals surface area contributed by atoms with Gasteiger partial charge in [0.25, 0.3) is 0 Å². The monoisotopic (exact) mass is 251 g/mol. The second-order valence-corrected chi connectivity index (χ2v) is 4.65. The van der Waals surface area contributed by atoms with Crippen LogP contribution in [0.3, 0.4) is 0 Å². The van der Waals surface area contributed by atoms with Gasteiger partial charge >= 0.3 is 0 Å². The molecule has 1 aliphatic carbocycles. The first-order chi connectivity index (χ1) is 8.16. The fourth-order valence-electron chi connectivity index (χ4n) is 2.03. The number of hydrogen-bond donors (Lipinski definition) is 1. The molecule has 0 aromatic heterocycles. The molecule has 1 N–H and O–H groups in total. The molecule has 1 unspecified atom stereocenters. The highest BCUT2D eigenvalue weighted by molar-refractivity contribution is 6.31. The van der Waals surface area contributed by atoms with Crippen molar-refractivity contribution in [1.29, 1.82) is 0 Å². The summed E-state index contributed by atoms with van der Waals surface area (Å²) in [5.74, 6) is -0.00383. The van der Waals surface area contributed by atoms with E-state index in [-0.39, 0.29) is 24.2 Å². The van der Waals surface area contributed by atoms with Crippen molar-refractivity contribution < 1.29 is 9.59 Å². The van der Waals surface area contributed by atoms with Crippen molar-refractivity contribution in [2.24, 2.45) is 0 Å². The molecular weight excluding hydrogens is 238 g/mol. The van der Waals surface area contributed by atoms with E-state index in [9.17, 15) is 9.59 Å². The van der Waals surface area contributed by atoms with Gasteiger partial charge in [-0.1, -0.05) is 29.8 Å². The first-order valence-corrected chi connectivity index (χ1v) is 6.10. The topological polar surface area (TPSA) is 46.2 Å². The van der Waals surface area contributed by atoms with E-state index < -0.39 is 0 Å². The lowest BCUT2D eigenvalue weighted by atomic mass is 10.1. The van der Waals surface area contributed by atoms with E-state index in [4.69, 9.17) is 11.6 Å². The van der Waals surface area contributed by atoms with Crippen molar-refractivity contribution in [2.45, 2.75) is 31.7 Å². The summed E-state index contributed by atoms with van der Waals surface area (Å²) >= 11 is 5.97. The Hall–Kier alpha value is -1.35. The molecule has 1 aliphatic rings. The van der Waals surface area contributed by atoms with Gasteiger partial charge in [-0.25, -0.2) is 0 Å². The van der Waals surface area contributed by atoms with Crippen molar-refractivity contribution in [2.75, 3.05) is 0 Å². The predicted molar refractivity (Wildman–Crippen MR) is 65.9 cm³/mol. The Morgan fingerprint density at radius 3 is 2.82 bits per heavy atom. The van der Waals surface area contributed by atoms with Gasteiger partial charge in [0.05, 0.1) is 12.5 Å². The lowest BCUT2D eigenvalue weighted by molar-refractivity contribution is -0.126. The van der Waals surface area contributed by atoms with E-state index in [1.165, 1.54) is 0 Å². The van der Waals surface area contributed by atoms with Crippen LogP contribution in [0, 0.1) is 0 Å². The fraction of sp³-hybridized carbons (Fsp3) is 0.385. The normalized spacial score (nSPS) is 19.4. The highest BCUT2D eigenvalue weighted by Crippen LogP contribution is 2.17. The predicted octanol–water partition coefficient (Wildman–Crippen LogP) is 2.12. The van der Waals surface area contributed by atoms with Gasteiger partial charge in [-0.3, -0.25) is 9.59 Å². The molecule has 17 heavy (non-hydrogen) atoms. The number of benzene rings is 1. The molecule has 0 heterocycles. The molecule has 1 aromatic carbocycles. The van der Waals surface area contributed by atoms with E-state index in [2.05, 4.69) is 5.32 Å². The summed E-state index contributed by atoms with van der Waals surface area (Å²) < 4.78 is 0. The lowest BCUT2D eigenvalue weighted by Gasteiger charge is -2.11. The van der Waals surface area contributed by atoms with E-state index in [0.29, 0.717) is 11.4 Å². The Kier molecular flexibility index (Phi) is 3.79. The minimum atomic E-state index is -0.287. The zero-order valence-corrected chi connectivity index (χ0v) is 10.2. The summed E-state index contributed by atoms with van der Waals surface area (Å²) in [7, 11) is 0. The minimum absolute atomic E-state index is 0.137. The van der Waals surface area contributed by atoms with Crippen LogP contribution in [0.5, 0.6) is 0 Å². The molecule has 2 rings (SSSR count). The van der Waals surface area contributed by atoms with E-state index in [1.807, 2.05) is 18.2 Å². The van der Waals surface area contributed by atoms with Crippen molar-refractivity contribution in [3.63, 3.8) is 0 Å². The molecule has 0 spiro atoms. The lowest BCUT2D eigenvalue weighted by Crippen LogP contribution is -2.38. The van der Waals surface area contributed by atoms with E-state index in [0.717, 1.165) is 18.4 Å². The maximum atomic E-state index is 11.7. The molecular formula is C13H14ClNO2. The third-order valence-electron chi connectivity index (χ3n) is 2.95. The average molecular weight is 252 g/mol. The number of hydrogen-bond acceptors (Lipinski definition) is 2. The van der Waals surface area contributed by atoms with Crippen LogP contribution in [-0.4, -0.2) is 17.7 Å². The summed E-state index contributed by atoms with van der Waals surface area (Å²) in [5.41, 5.74) is 0.789. The molecule has 0 radical (unpaired) electrons. The molecule has 1 atom stereocenters. The number of ketones is 1. The van der Waals surface area contributed by atoms with Gasteiger partial charge in [-0.15, -0.1) is 0 Å². The summed E-state index contributed by atoms with van der Waals surface area (Å²) in [6, 6.07) is 6.95. The zero-order chi connectivity index (χ0) is 12.3. The first-order valence-electron chi connectivity index (χ1n) is 5.72. The van der Waals surface area contributed by atoms with Gasteiger partial charge in [0, 0.05) is 11.4 Å². The highest BCUT2D eigenvalue weighted by Gasteiger charge is 2.25. The molecule has 1 saturated carbocycles. The highest BCUT2D eigenvalue weighted by atomic mass is 35.5. The largest absolute Gasteiger partial charge is 0.346 e. The maximum Gasteiger partial charge on any atom is 0.225 e. The second kappa shape index (κ2) is 5.32. The molecule has 4 heteroatoms. The maximum absolute atomic E-state index is 11.7. The summed E-state index contributed by atoms with van der Waals surface area (Å²) in [4.78, 5) is 23.1. The van der Waals surface area contributed by atoms with Crippen molar-refractivity contribution in [3.05, 3.63) is 34.9 Å². The van der Waals surface area contributed by atoms with Crippen LogP contribution in [-0.2, 0) is 16.0 Å². The van der Waals surface area contributed by atoms with Crippen LogP contribution >= 0.6 is 11.6 Å². The van der Waals surface area contributed by atoms with Gasteiger partial charge in [0.15, 0.2) is 5.78 Å². The van der Waals surface area contributed by atoms with Crippen molar-refractivity contribution in [1.82, 2.24) is 5.32 Å². The quantitative estimate of drug-likeness (QED) is 0.895. The van der Waals surface area contributed by atoms with E-state index >= 15 is 0 Å². The average Bonchev–Trinajstić information content (AvgIpc) is 2.68. The van der Waals surface area contributed by atoms with Crippen LogP contribution in [0.15, 0.2) is 24.3 Å². The number of Topliss-reactive ketones (excluding diaryl/α,β-unsaturated/α-hetero) is 1. The summed E-state index contributed by atoms with van der Waals surface area (Å²) in [6.45, 7) is 0. The summed E-state index contributed by atoms with van der Waals surface area (Å²) in [5, 5.41) is 3.34. The number of carbonyl (C=O) groups excluding carboxylic acids is 2. The van der Waals surface area contributed by atoms with Gasteiger partial charge in [-0.05, 0) is 24.5 Å². The second-order valence-electron chi connectivity index (χ2n) is 4.25. The Labute approximate surface area is 105 Å². The Morgan fingerprint density at radius 1 is 1.41 bits per heavy atom. The molecule has 0 bridgehead atoms. The number of rotatable bonds is 3. The van der Waals surface area contributed by atoms with Crippen LogP contribution in [0.25, 0.3) is 0 Å². The van der Waals surface area contributed by atoms with Crippen molar-refractivity contribution >= 4 is 23.3 Å². The number of halogens is 1. The number of amides is 1. The van der Waals surface area contributed by atoms with Gasteiger partial charge < -0.3 is 5.32 Å². The fourth-order valence-corrected chi connectivity index (χ4v) is 2.23. The first kappa shape index (κ1) is 12.1. The van der Waals surface area contributed by atoms with Crippen LogP contribution in [0.4, 0.5) is 0 Å². The minimum Gasteiger partial charge on any atom is -0.346 e. The molecule has 90 valence electrons. The number of carbonyl (C=O) groups is 2. The van der Waals surface area contributed by atoms with Gasteiger partial charge in [0.2, 0.25) is 5.91 Å². The molecule has 1 aromatic rings. The van der Waals surface area contributed by atoms with Crippen LogP contribution in [0.2, 0.25) is 5.02 Å². The zero-order valence-electron chi connectivity index (χ0n) is 9.41. The summed E-state index contributed by atoms with van der Waals surface area (Å²) in [6.07, 6.45) is 2.43. The Balaban J connectivity index is 1.93. The van der Waals surface area contributed by atoms with Crippen molar-refractivity contribution in [3.8, 4) is 0 Å². The standard InChI is InChI=1S/C13H14ClNO2/c14-10-5-2-1-4-9(10)8-13(17)15-11-6-3-7-12(11)16/h1-2,4-5,11H,3,6-8H2,(H,15,17). The smallest absolute Gasteiger partial charge is 0.225 e.